The highest BCUT2D eigenvalue weighted by atomic mass is 32.2. The molecule has 0 fully saturated rings. The molecule has 2 aromatic rings. The van der Waals surface area contributed by atoms with Crippen molar-refractivity contribution in [2.75, 3.05) is 11.1 Å². The number of aromatic nitrogens is 3. The number of amides is 1. The lowest BCUT2D eigenvalue weighted by Crippen LogP contribution is -2.14. The van der Waals surface area contributed by atoms with E-state index in [4.69, 9.17) is 0 Å². The number of carbonyl (C=O) groups is 1. The van der Waals surface area contributed by atoms with Crippen molar-refractivity contribution in [1.29, 1.82) is 0 Å². The van der Waals surface area contributed by atoms with Gasteiger partial charge < -0.3 is 5.32 Å². The first-order valence-electron chi connectivity index (χ1n) is 5.93. The summed E-state index contributed by atoms with van der Waals surface area (Å²) in [5.74, 6) is 0.984. The predicted octanol–water partition coefficient (Wildman–Crippen LogP) is 2.46. The van der Waals surface area contributed by atoms with E-state index in [1.807, 2.05) is 39.0 Å². The number of thioether (sulfide) groups is 1. The Hall–Kier alpha value is -1.82. The summed E-state index contributed by atoms with van der Waals surface area (Å²) in [7, 11) is 0. The highest BCUT2D eigenvalue weighted by Crippen LogP contribution is 2.16. The number of benzene rings is 1. The molecule has 0 atom stereocenters. The van der Waals surface area contributed by atoms with E-state index in [-0.39, 0.29) is 5.91 Å². The second kappa shape index (κ2) is 5.88. The average molecular weight is 276 g/mol. The molecule has 1 heterocycles. The molecule has 0 saturated carbocycles. The molecule has 2 rings (SSSR count). The number of aryl methyl sites for hydroxylation is 3. The average Bonchev–Trinajstić information content (AvgIpc) is 2.77. The van der Waals surface area contributed by atoms with Crippen molar-refractivity contribution < 1.29 is 4.79 Å². The Kier molecular flexibility index (Phi) is 4.21. The van der Waals surface area contributed by atoms with Gasteiger partial charge in [-0.25, -0.2) is 4.98 Å². The SMILES string of the molecule is Cc1nc(SCC(=O)Nc2ccc(C)c(C)c2)n[nH]1. The van der Waals surface area contributed by atoms with Crippen LogP contribution in [0.25, 0.3) is 0 Å². The molecule has 0 aliphatic rings. The van der Waals surface area contributed by atoms with Crippen LogP contribution in [0.4, 0.5) is 5.69 Å². The Balaban J connectivity index is 1.88. The maximum atomic E-state index is 11.8. The van der Waals surface area contributed by atoms with Gasteiger partial charge in [-0.05, 0) is 44.0 Å². The maximum absolute atomic E-state index is 11.8. The Morgan fingerprint density at radius 3 is 2.74 bits per heavy atom. The Labute approximate surface area is 116 Å². The molecule has 0 aliphatic carbocycles. The van der Waals surface area contributed by atoms with Crippen LogP contribution in [0.2, 0.25) is 0 Å². The van der Waals surface area contributed by atoms with Crippen molar-refractivity contribution in [2.45, 2.75) is 25.9 Å². The summed E-state index contributed by atoms with van der Waals surface area (Å²) < 4.78 is 0. The molecule has 1 aromatic carbocycles. The van der Waals surface area contributed by atoms with E-state index in [0.29, 0.717) is 10.9 Å². The number of hydrogen-bond donors (Lipinski definition) is 2. The molecular formula is C13H16N4OS. The number of rotatable bonds is 4. The first kappa shape index (κ1) is 13.6. The largest absolute Gasteiger partial charge is 0.325 e. The normalized spacial score (nSPS) is 10.5. The van der Waals surface area contributed by atoms with Gasteiger partial charge in [0.15, 0.2) is 0 Å². The molecule has 5 nitrogen and oxygen atoms in total. The van der Waals surface area contributed by atoms with E-state index in [1.54, 1.807) is 0 Å². The fourth-order valence-electron chi connectivity index (χ4n) is 1.53. The van der Waals surface area contributed by atoms with Crippen LogP contribution < -0.4 is 5.32 Å². The van der Waals surface area contributed by atoms with Gasteiger partial charge in [-0.3, -0.25) is 9.89 Å². The third-order valence-electron chi connectivity index (χ3n) is 2.70. The van der Waals surface area contributed by atoms with E-state index in [9.17, 15) is 4.79 Å². The summed E-state index contributed by atoms with van der Waals surface area (Å²) in [4.78, 5) is 15.9. The summed E-state index contributed by atoms with van der Waals surface area (Å²) in [5.41, 5.74) is 3.19. The second-order valence-corrected chi connectivity index (χ2v) is 5.28. The minimum Gasteiger partial charge on any atom is -0.325 e. The zero-order valence-electron chi connectivity index (χ0n) is 11.2. The lowest BCUT2D eigenvalue weighted by Gasteiger charge is -2.06. The molecular weight excluding hydrogens is 260 g/mol. The minimum absolute atomic E-state index is 0.0595. The van der Waals surface area contributed by atoms with Gasteiger partial charge in [0, 0.05) is 5.69 Å². The zero-order chi connectivity index (χ0) is 13.8. The van der Waals surface area contributed by atoms with Gasteiger partial charge in [-0.15, -0.1) is 5.10 Å². The van der Waals surface area contributed by atoms with E-state index < -0.39 is 0 Å². The third kappa shape index (κ3) is 3.82. The molecule has 0 radical (unpaired) electrons. The van der Waals surface area contributed by atoms with Crippen molar-refractivity contribution in [2.24, 2.45) is 0 Å². The number of hydrogen-bond acceptors (Lipinski definition) is 4. The van der Waals surface area contributed by atoms with Gasteiger partial charge in [-0.1, -0.05) is 17.8 Å². The van der Waals surface area contributed by atoms with Gasteiger partial charge in [-0.2, -0.15) is 0 Å². The maximum Gasteiger partial charge on any atom is 0.234 e. The second-order valence-electron chi connectivity index (χ2n) is 4.34. The molecule has 2 N–H and O–H groups in total. The molecule has 0 aliphatic heterocycles. The van der Waals surface area contributed by atoms with Crippen LogP contribution in [-0.2, 0) is 4.79 Å². The van der Waals surface area contributed by atoms with Crippen molar-refractivity contribution in [3.05, 3.63) is 35.2 Å². The van der Waals surface area contributed by atoms with Gasteiger partial charge in [0.25, 0.3) is 0 Å². The Bertz CT molecular complexity index is 594. The molecule has 0 unspecified atom stereocenters. The van der Waals surface area contributed by atoms with Crippen molar-refractivity contribution in [1.82, 2.24) is 15.2 Å². The highest BCUT2D eigenvalue weighted by molar-refractivity contribution is 7.99. The van der Waals surface area contributed by atoms with Crippen LogP contribution in [0.1, 0.15) is 17.0 Å². The molecule has 0 spiro atoms. The zero-order valence-corrected chi connectivity index (χ0v) is 12.0. The number of aromatic amines is 1. The summed E-state index contributed by atoms with van der Waals surface area (Å²) in [6.45, 7) is 5.89. The summed E-state index contributed by atoms with van der Waals surface area (Å²) in [6.07, 6.45) is 0. The van der Waals surface area contributed by atoms with Crippen LogP contribution >= 0.6 is 11.8 Å². The summed E-state index contributed by atoms with van der Waals surface area (Å²) in [5, 5.41) is 10.2. The number of nitrogens with one attached hydrogen (secondary N) is 2. The van der Waals surface area contributed by atoms with E-state index in [0.717, 1.165) is 17.1 Å². The van der Waals surface area contributed by atoms with Gasteiger partial charge in [0.1, 0.15) is 5.82 Å². The number of H-pyrrole nitrogens is 1. The fraction of sp³-hybridized carbons (Fsp3) is 0.308. The monoisotopic (exact) mass is 276 g/mol. The molecule has 19 heavy (non-hydrogen) atoms. The molecule has 1 aromatic heterocycles. The smallest absolute Gasteiger partial charge is 0.234 e. The van der Waals surface area contributed by atoms with Gasteiger partial charge in [0.2, 0.25) is 11.1 Å². The molecule has 1 amide bonds. The van der Waals surface area contributed by atoms with E-state index >= 15 is 0 Å². The molecule has 0 bridgehead atoms. The van der Waals surface area contributed by atoms with E-state index in [1.165, 1.54) is 17.3 Å². The summed E-state index contributed by atoms with van der Waals surface area (Å²) >= 11 is 1.31. The van der Waals surface area contributed by atoms with Gasteiger partial charge in [0.05, 0.1) is 5.75 Å². The van der Waals surface area contributed by atoms with E-state index in [2.05, 4.69) is 20.5 Å². The molecule has 6 heteroatoms. The first-order chi connectivity index (χ1) is 9.04. The number of carbonyl (C=O) groups excluding carboxylic acids is 1. The third-order valence-corrected chi connectivity index (χ3v) is 3.55. The van der Waals surface area contributed by atoms with Crippen LogP contribution in [0.15, 0.2) is 23.4 Å². The van der Waals surface area contributed by atoms with Crippen molar-refractivity contribution in [3.8, 4) is 0 Å². The topological polar surface area (TPSA) is 70.7 Å². The predicted molar refractivity (Wildman–Crippen MR) is 76.4 cm³/mol. The standard InChI is InChI=1S/C13H16N4OS/c1-8-4-5-11(6-9(8)2)15-12(18)7-19-13-14-10(3)16-17-13/h4-6H,7H2,1-3H3,(H,15,18)(H,14,16,17). The lowest BCUT2D eigenvalue weighted by atomic mass is 10.1. The fourth-order valence-corrected chi connectivity index (χ4v) is 2.18. The van der Waals surface area contributed by atoms with Crippen LogP contribution in [0.5, 0.6) is 0 Å². The lowest BCUT2D eigenvalue weighted by molar-refractivity contribution is -0.113. The summed E-state index contributed by atoms with van der Waals surface area (Å²) in [6, 6.07) is 5.87. The highest BCUT2D eigenvalue weighted by Gasteiger charge is 2.07. The number of anilines is 1. The van der Waals surface area contributed by atoms with Crippen LogP contribution in [0.3, 0.4) is 0 Å². The Morgan fingerprint density at radius 1 is 1.32 bits per heavy atom. The van der Waals surface area contributed by atoms with Gasteiger partial charge >= 0.3 is 0 Å². The Morgan fingerprint density at radius 2 is 2.11 bits per heavy atom. The van der Waals surface area contributed by atoms with Crippen LogP contribution in [-0.4, -0.2) is 26.8 Å². The van der Waals surface area contributed by atoms with Crippen LogP contribution in [0, 0.1) is 20.8 Å². The molecule has 100 valence electrons. The van der Waals surface area contributed by atoms with Crippen molar-refractivity contribution >= 4 is 23.4 Å². The quantitative estimate of drug-likeness (QED) is 0.842. The molecule has 0 saturated heterocycles. The first-order valence-corrected chi connectivity index (χ1v) is 6.92. The van der Waals surface area contributed by atoms with Crippen molar-refractivity contribution in [3.63, 3.8) is 0 Å². The minimum atomic E-state index is -0.0595. The number of nitrogens with zero attached hydrogens (tertiary/aromatic N) is 2.